The molecule has 0 saturated carbocycles. The highest BCUT2D eigenvalue weighted by Crippen LogP contribution is 2.31. The quantitative estimate of drug-likeness (QED) is 0.225. The predicted octanol–water partition coefficient (Wildman–Crippen LogP) is 4.55. The summed E-state index contributed by atoms with van der Waals surface area (Å²) in [5.74, 6) is 1.72. The molecule has 1 amide bonds. The van der Waals surface area contributed by atoms with Crippen LogP contribution in [0.1, 0.15) is 29.7 Å². The van der Waals surface area contributed by atoms with E-state index in [1.807, 2.05) is 13.1 Å². The molecular weight excluding hydrogens is 538 g/mol. The van der Waals surface area contributed by atoms with Gasteiger partial charge in [0.1, 0.15) is 17.6 Å². The van der Waals surface area contributed by atoms with Crippen LogP contribution in [0.4, 0.5) is 16.6 Å². The van der Waals surface area contributed by atoms with Gasteiger partial charge < -0.3 is 25.4 Å². The summed E-state index contributed by atoms with van der Waals surface area (Å²) in [5, 5.41) is 21.1. The van der Waals surface area contributed by atoms with Gasteiger partial charge in [-0.25, -0.2) is 14.5 Å². The van der Waals surface area contributed by atoms with E-state index in [0.717, 1.165) is 60.6 Å². The van der Waals surface area contributed by atoms with Gasteiger partial charge in [-0.05, 0) is 69.5 Å². The number of ether oxygens (including phenoxy) is 1. The molecule has 0 atom stereocenters. The Kier molecular flexibility index (Phi) is 8.92. The molecule has 1 fully saturated rings. The number of benzene rings is 1. The molecule has 0 spiro atoms. The van der Waals surface area contributed by atoms with Crippen molar-refractivity contribution in [1.29, 1.82) is 0 Å². The third-order valence-electron chi connectivity index (χ3n) is 6.86. The van der Waals surface area contributed by atoms with Crippen molar-refractivity contribution in [1.82, 2.24) is 24.5 Å². The maximum absolute atomic E-state index is 12.4. The van der Waals surface area contributed by atoms with Gasteiger partial charge >= 0.3 is 0 Å². The summed E-state index contributed by atoms with van der Waals surface area (Å²) in [6.07, 6.45) is 8.32. The first-order chi connectivity index (χ1) is 19.0. The van der Waals surface area contributed by atoms with Gasteiger partial charge in [0.15, 0.2) is 10.9 Å². The Balaban J connectivity index is 1.16. The molecule has 1 aromatic carbocycles. The number of carbonyl (C=O) groups is 1. The highest BCUT2D eigenvalue weighted by Gasteiger charge is 2.19. The number of likely N-dealkylation sites (tertiary alicyclic amines) is 1. The number of nitrogens with zero attached hydrogens (tertiary/aromatic N) is 5. The Hall–Kier alpha value is -3.25. The molecule has 1 saturated heterocycles. The van der Waals surface area contributed by atoms with Crippen LogP contribution in [-0.4, -0.2) is 68.3 Å². The number of carbonyl (C=O) groups excluding carboxylic acids is 1. The van der Waals surface area contributed by atoms with E-state index in [-0.39, 0.29) is 12.3 Å². The summed E-state index contributed by atoms with van der Waals surface area (Å²) in [6, 6.07) is 7.00. The molecule has 39 heavy (non-hydrogen) atoms. The van der Waals surface area contributed by atoms with Gasteiger partial charge in [-0.3, -0.25) is 4.79 Å². The summed E-state index contributed by atoms with van der Waals surface area (Å²) in [6.45, 7) is 5.97. The van der Waals surface area contributed by atoms with E-state index in [1.54, 1.807) is 35.0 Å². The number of amides is 1. The molecule has 0 bridgehead atoms. The van der Waals surface area contributed by atoms with Crippen molar-refractivity contribution < 1.29 is 14.6 Å². The highest BCUT2D eigenvalue weighted by atomic mass is 35.5. The fourth-order valence-corrected chi connectivity index (χ4v) is 5.62. The predicted molar refractivity (Wildman–Crippen MR) is 153 cm³/mol. The van der Waals surface area contributed by atoms with E-state index in [0.29, 0.717) is 40.8 Å². The fourth-order valence-electron chi connectivity index (χ4n) is 4.68. The number of hydrogen-bond acceptors (Lipinski definition) is 9. The average molecular weight is 570 g/mol. The van der Waals surface area contributed by atoms with Crippen molar-refractivity contribution in [3.05, 3.63) is 58.4 Å². The van der Waals surface area contributed by atoms with E-state index in [9.17, 15) is 9.90 Å². The first-order valence-electron chi connectivity index (χ1n) is 13.0. The van der Waals surface area contributed by atoms with Gasteiger partial charge in [0.2, 0.25) is 5.91 Å². The Bertz CT molecular complexity index is 1400. The lowest BCUT2D eigenvalue weighted by atomic mass is 9.98. The van der Waals surface area contributed by atoms with Crippen LogP contribution in [0, 0.1) is 12.8 Å². The largest absolute Gasteiger partial charge is 0.492 e. The zero-order chi connectivity index (χ0) is 27.2. The molecule has 3 aromatic heterocycles. The van der Waals surface area contributed by atoms with Crippen LogP contribution in [0.2, 0.25) is 5.02 Å². The maximum atomic E-state index is 12.4. The zero-order valence-electron chi connectivity index (χ0n) is 21.8. The first kappa shape index (κ1) is 27.3. The lowest BCUT2D eigenvalue weighted by Gasteiger charge is -2.30. The monoisotopic (exact) mass is 569 g/mol. The van der Waals surface area contributed by atoms with E-state index >= 15 is 0 Å². The van der Waals surface area contributed by atoms with Crippen LogP contribution in [0.3, 0.4) is 0 Å². The Morgan fingerprint density at radius 2 is 2.03 bits per heavy atom. The summed E-state index contributed by atoms with van der Waals surface area (Å²) >= 11 is 7.30. The van der Waals surface area contributed by atoms with Crippen molar-refractivity contribution in [3.8, 4) is 5.75 Å². The normalized spacial score (nSPS) is 14.5. The van der Waals surface area contributed by atoms with Crippen molar-refractivity contribution in [3.63, 3.8) is 0 Å². The maximum Gasteiger partial charge on any atom is 0.229 e. The highest BCUT2D eigenvalue weighted by molar-refractivity contribution is 7.15. The van der Waals surface area contributed by atoms with Crippen LogP contribution in [-0.2, 0) is 11.2 Å². The van der Waals surface area contributed by atoms with Crippen LogP contribution in [0.15, 0.2) is 43.0 Å². The number of hydrogen-bond donors (Lipinski definition) is 3. The van der Waals surface area contributed by atoms with Gasteiger partial charge in [0.05, 0.1) is 19.2 Å². The number of rotatable bonds is 11. The van der Waals surface area contributed by atoms with Crippen LogP contribution < -0.4 is 15.4 Å². The minimum absolute atomic E-state index is 0.129. The smallest absolute Gasteiger partial charge is 0.229 e. The second kappa shape index (κ2) is 12.7. The Morgan fingerprint density at radius 1 is 1.23 bits per heavy atom. The zero-order valence-corrected chi connectivity index (χ0v) is 23.3. The van der Waals surface area contributed by atoms with E-state index in [2.05, 4.69) is 30.6 Å². The standard InChI is InChI=1S/C27H32ClN7O3S/c1-18-23(38-12-2-9-34-10-7-19(16-36)8-11-34)15-35-25(18)26(30-17-31-35)33-27-29-14-22(39-27)13-24(37)32-21-5-3-20(28)4-6-21/h3-6,14-15,17,19,36H,2,7-13,16H2,1H3,(H,32,37)(H,29,30,31,33). The molecule has 0 radical (unpaired) electrons. The third kappa shape index (κ3) is 7.04. The average Bonchev–Trinajstić information content (AvgIpc) is 3.51. The Morgan fingerprint density at radius 3 is 2.79 bits per heavy atom. The molecule has 1 aliphatic heterocycles. The molecule has 4 heterocycles. The number of piperidine rings is 1. The number of aliphatic hydroxyl groups is 1. The van der Waals surface area contributed by atoms with Crippen LogP contribution in [0.5, 0.6) is 5.75 Å². The number of anilines is 3. The SMILES string of the molecule is Cc1c(OCCCN2CCC(CO)CC2)cn2ncnc(Nc3ncc(CC(=O)Nc4ccc(Cl)cc4)s3)c12. The van der Waals surface area contributed by atoms with Gasteiger partial charge in [-0.15, -0.1) is 11.3 Å². The van der Waals surface area contributed by atoms with Crippen molar-refractivity contribution in [2.75, 3.05) is 43.5 Å². The minimum atomic E-state index is -0.129. The molecule has 1 aliphatic rings. The van der Waals surface area contributed by atoms with E-state index in [4.69, 9.17) is 16.3 Å². The molecular formula is C27H32ClN7O3S. The molecule has 3 N–H and O–H groups in total. The number of aromatic nitrogens is 4. The number of thiazole rings is 1. The third-order valence-corrected chi connectivity index (χ3v) is 8.03. The summed E-state index contributed by atoms with van der Waals surface area (Å²) < 4.78 is 7.87. The second-order valence-corrected chi connectivity index (χ2v) is 11.2. The minimum Gasteiger partial charge on any atom is -0.492 e. The number of halogens is 1. The van der Waals surface area contributed by atoms with Gasteiger partial charge in [0, 0.05) is 40.5 Å². The van der Waals surface area contributed by atoms with Crippen molar-refractivity contribution >= 4 is 51.0 Å². The molecule has 0 aliphatic carbocycles. The number of nitrogens with one attached hydrogen (secondary N) is 2. The fraction of sp³-hybridized carbons (Fsp3) is 0.407. The summed E-state index contributed by atoms with van der Waals surface area (Å²) in [5.41, 5.74) is 2.46. The molecule has 0 unspecified atom stereocenters. The van der Waals surface area contributed by atoms with Gasteiger partial charge in [-0.2, -0.15) is 5.10 Å². The molecule has 10 nitrogen and oxygen atoms in total. The lowest BCUT2D eigenvalue weighted by molar-refractivity contribution is -0.115. The van der Waals surface area contributed by atoms with E-state index < -0.39 is 0 Å². The number of fused-ring (bicyclic) bond motifs is 1. The molecule has 4 aromatic rings. The molecule has 206 valence electrons. The van der Waals surface area contributed by atoms with Gasteiger partial charge in [-0.1, -0.05) is 11.6 Å². The number of aliphatic hydroxyl groups excluding tert-OH is 1. The lowest BCUT2D eigenvalue weighted by Crippen LogP contribution is -2.35. The van der Waals surface area contributed by atoms with Gasteiger partial charge in [0.25, 0.3) is 0 Å². The summed E-state index contributed by atoms with van der Waals surface area (Å²) in [7, 11) is 0. The molecule has 5 rings (SSSR count). The van der Waals surface area contributed by atoms with Crippen LogP contribution in [0.25, 0.3) is 5.52 Å². The van der Waals surface area contributed by atoms with E-state index in [1.165, 1.54) is 17.7 Å². The summed E-state index contributed by atoms with van der Waals surface area (Å²) in [4.78, 5) is 24.6. The van der Waals surface area contributed by atoms with Crippen LogP contribution >= 0.6 is 22.9 Å². The Labute approximate surface area is 236 Å². The number of aryl methyl sites for hydroxylation is 1. The second-order valence-electron chi connectivity index (χ2n) is 9.68. The topological polar surface area (TPSA) is 117 Å². The molecule has 12 heteroatoms. The van der Waals surface area contributed by atoms with Crippen molar-refractivity contribution in [2.45, 2.75) is 32.6 Å². The van der Waals surface area contributed by atoms with Crippen molar-refractivity contribution in [2.24, 2.45) is 5.92 Å². The first-order valence-corrected chi connectivity index (χ1v) is 14.2.